The lowest BCUT2D eigenvalue weighted by Crippen LogP contribution is -2.54. The normalized spacial score (nSPS) is 15.1. The van der Waals surface area contributed by atoms with Crippen molar-refractivity contribution in [3.05, 3.63) is 97.9 Å². The van der Waals surface area contributed by atoms with E-state index in [0.29, 0.717) is 23.6 Å². The van der Waals surface area contributed by atoms with E-state index in [0.717, 1.165) is 20.1 Å². The van der Waals surface area contributed by atoms with Crippen LogP contribution in [0.4, 0.5) is 5.69 Å². The fourth-order valence-electron chi connectivity index (χ4n) is 3.32. The van der Waals surface area contributed by atoms with Gasteiger partial charge in [0.2, 0.25) is 0 Å². The number of halogens is 2. The number of benzene rings is 3. The summed E-state index contributed by atoms with van der Waals surface area (Å²) in [6.07, 6.45) is 1.55. The third kappa shape index (κ3) is 5.40. The molecule has 1 saturated heterocycles. The quantitative estimate of drug-likeness (QED) is 0.229. The summed E-state index contributed by atoms with van der Waals surface area (Å²) in [5, 5.41) is 2.67. The van der Waals surface area contributed by atoms with Gasteiger partial charge in [0.05, 0.1) is 5.69 Å². The standard InChI is InChI=1S/C25H18Br2N2O3S/c1-15-12-19(27)8-11-22(15)29-24(31)21(23(30)28-25(29)33)13-16-4-9-20(10-5-16)32-14-17-2-6-18(26)7-3-17/h2-13H,14H2,1H3,(H,28,30,33)/b21-13+. The predicted octanol–water partition coefficient (Wildman–Crippen LogP) is 5.93. The molecule has 0 spiro atoms. The van der Waals surface area contributed by atoms with Crippen LogP contribution in [0, 0.1) is 6.92 Å². The van der Waals surface area contributed by atoms with Gasteiger partial charge < -0.3 is 4.74 Å². The molecule has 0 aromatic heterocycles. The molecule has 0 atom stereocenters. The Labute approximate surface area is 213 Å². The van der Waals surface area contributed by atoms with Gasteiger partial charge in [-0.3, -0.25) is 19.8 Å². The van der Waals surface area contributed by atoms with Gasteiger partial charge in [-0.1, -0.05) is 56.1 Å². The highest BCUT2D eigenvalue weighted by Crippen LogP contribution is 2.28. The Morgan fingerprint density at radius 3 is 2.30 bits per heavy atom. The largest absolute Gasteiger partial charge is 0.489 e. The van der Waals surface area contributed by atoms with Gasteiger partial charge in [-0.15, -0.1) is 0 Å². The van der Waals surface area contributed by atoms with Crippen LogP contribution in [0.15, 0.2) is 81.2 Å². The van der Waals surface area contributed by atoms with Crippen LogP contribution in [0.25, 0.3) is 6.08 Å². The van der Waals surface area contributed by atoms with Crippen LogP contribution in [0.3, 0.4) is 0 Å². The number of nitrogens with zero attached hydrogens (tertiary/aromatic N) is 1. The van der Waals surface area contributed by atoms with E-state index in [1.165, 1.54) is 4.90 Å². The van der Waals surface area contributed by atoms with Gasteiger partial charge in [-0.2, -0.15) is 0 Å². The summed E-state index contributed by atoms with van der Waals surface area (Å²) in [6.45, 7) is 2.32. The van der Waals surface area contributed by atoms with E-state index in [4.69, 9.17) is 17.0 Å². The number of thiocarbonyl (C=S) groups is 1. The smallest absolute Gasteiger partial charge is 0.270 e. The number of carbonyl (C=O) groups is 2. The monoisotopic (exact) mass is 584 g/mol. The summed E-state index contributed by atoms with van der Waals surface area (Å²) < 4.78 is 7.72. The number of anilines is 1. The maximum absolute atomic E-state index is 13.2. The molecular formula is C25H18Br2N2O3S. The summed E-state index contributed by atoms with van der Waals surface area (Å²) >= 11 is 12.1. The molecule has 0 unspecified atom stereocenters. The summed E-state index contributed by atoms with van der Waals surface area (Å²) in [4.78, 5) is 27.1. The van der Waals surface area contributed by atoms with Gasteiger partial charge in [0, 0.05) is 8.95 Å². The lowest BCUT2D eigenvalue weighted by molar-refractivity contribution is -0.122. The molecule has 1 heterocycles. The predicted molar refractivity (Wildman–Crippen MR) is 140 cm³/mol. The lowest BCUT2D eigenvalue weighted by atomic mass is 10.1. The third-order valence-corrected chi connectivity index (χ3v) is 6.32. The minimum atomic E-state index is -0.522. The highest BCUT2D eigenvalue weighted by Gasteiger charge is 2.35. The summed E-state index contributed by atoms with van der Waals surface area (Å²) in [5.74, 6) is -0.302. The van der Waals surface area contributed by atoms with E-state index in [-0.39, 0.29) is 10.7 Å². The molecule has 3 aromatic rings. The molecular weight excluding hydrogens is 568 g/mol. The van der Waals surface area contributed by atoms with Crippen molar-refractivity contribution in [2.75, 3.05) is 4.90 Å². The average Bonchev–Trinajstić information content (AvgIpc) is 2.78. The number of amides is 2. The molecule has 1 aliphatic rings. The van der Waals surface area contributed by atoms with Crippen molar-refractivity contribution in [3.63, 3.8) is 0 Å². The molecule has 0 radical (unpaired) electrons. The van der Waals surface area contributed by atoms with E-state index in [1.54, 1.807) is 36.4 Å². The van der Waals surface area contributed by atoms with Gasteiger partial charge >= 0.3 is 0 Å². The number of nitrogens with one attached hydrogen (secondary N) is 1. The minimum absolute atomic E-state index is 0.00875. The molecule has 33 heavy (non-hydrogen) atoms. The van der Waals surface area contributed by atoms with Crippen LogP contribution in [0.1, 0.15) is 16.7 Å². The van der Waals surface area contributed by atoms with Gasteiger partial charge in [0.1, 0.15) is 17.9 Å². The van der Waals surface area contributed by atoms with E-state index in [9.17, 15) is 9.59 Å². The van der Waals surface area contributed by atoms with Gasteiger partial charge in [0.25, 0.3) is 11.8 Å². The second-order valence-electron chi connectivity index (χ2n) is 7.37. The zero-order valence-corrected chi connectivity index (χ0v) is 21.5. The molecule has 166 valence electrons. The Morgan fingerprint density at radius 2 is 1.64 bits per heavy atom. The number of hydrogen-bond acceptors (Lipinski definition) is 4. The lowest BCUT2D eigenvalue weighted by Gasteiger charge is -2.30. The van der Waals surface area contributed by atoms with E-state index in [2.05, 4.69) is 37.2 Å². The number of carbonyl (C=O) groups excluding carboxylic acids is 2. The maximum Gasteiger partial charge on any atom is 0.270 e. The Hall–Kier alpha value is -2.81. The molecule has 5 nitrogen and oxygen atoms in total. The van der Waals surface area contributed by atoms with Crippen LogP contribution in [0.5, 0.6) is 5.75 Å². The molecule has 0 saturated carbocycles. The van der Waals surface area contributed by atoms with Crippen LogP contribution in [-0.4, -0.2) is 16.9 Å². The highest BCUT2D eigenvalue weighted by atomic mass is 79.9. The first-order valence-corrected chi connectivity index (χ1v) is 12.0. The zero-order valence-electron chi connectivity index (χ0n) is 17.5. The van der Waals surface area contributed by atoms with Crippen LogP contribution >= 0.6 is 44.1 Å². The fraction of sp³-hybridized carbons (Fsp3) is 0.0800. The second kappa shape index (κ2) is 9.99. The first kappa shape index (κ1) is 23.4. The van der Waals surface area contributed by atoms with E-state index < -0.39 is 11.8 Å². The van der Waals surface area contributed by atoms with Crippen molar-refractivity contribution >= 4 is 72.8 Å². The molecule has 0 aliphatic carbocycles. The van der Waals surface area contributed by atoms with Crippen molar-refractivity contribution in [2.24, 2.45) is 0 Å². The SMILES string of the molecule is Cc1cc(Br)ccc1N1C(=O)/C(=C/c2ccc(OCc3ccc(Br)cc3)cc2)C(=O)NC1=S. The number of aryl methyl sites for hydroxylation is 1. The fourth-order valence-corrected chi connectivity index (χ4v) is 4.33. The molecule has 4 rings (SSSR count). The van der Waals surface area contributed by atoms with E-state index >= 15 is 0 Å². The van der Waals surface area contributed by atoms with Gasteiger partial charge in [-0.25, -0.2) is 0 Å². The van der Waals surface area contributed by atoms with Crippen LogP contribution in [-0.2, 0) is 16.2 Å². The Morgan fingerprint density at radius 1 is 0.970 bits per heavy atom. The van der Waals surface area contributed by atoms with Crippen molar-refractivity contribution < 1.29 is 14.3 Å². The summed E-state index contributed by atoms with van der Waals surface area (Å²) in [5.41, 5.74) is 3.23. The van der Waals surface area contributed by atoms with Gasteiger partial charge in [0.15, 0.2) is 5.11 Å². The Kier molecular flexibility index (Phi) is 7.07. The first-order chi connectivity index (χ1) is 15.8. The highest BCUT2D eigenvalue weighted by molar-refractivity contribution is 9.10. The van der Waals surface area contributed by atoms with Gasteiger partial charge in [-0.05, 0) is 84.4 Å². The zero-order chi connectivity index (χ0) is 23.5. The second-order valence-corrected chi connectivity index (χ2v) is 9.59. The van der Waals surface area contributed by atoms with Crippen molar-refractivity contribution in [3.8, 4) is 5.75 Å². The van der Waals surface area contributed by atoms with Crippen molar-refractivity contribution in [1.82, 2.24) is 5.32 Å². The summed E-state index contributed by atoms with van der Waals surface area (Å²) in [7, 11) is 0. The van der Waals surface area contributed by atoms with Crippen LogP contribution < -0.4 is 15.0 Å². The Bertz CT molecular complexity index is 1270. The molecule has 8 heteroatoms. The first-order valence-electron chi connectivity index (χ1n) is 9.97. The minimum Gasteiger partial charge on any atom is -0.489 e. The molecule has 1 fully saturated rings. The maximum atomic E-state index is 13.2. The third-order valence-electron chi connectivity index (χ3n) is 5.01. The molecule has 3 aromatic carbocycles. The summed E-state index contributed by atoms with van der Waals surface area (Å²) in [6, 6.07) is 20.6. The molecule has 0 bridgehead atoms. The number of rotatable bonds is 5. The van der Waals surface area contributed by atoms with E-state index in [1.807, 2.05) is 43.3 Å². The topological polar surface area (TPSA) is 58.6 Å². The molecule has 2 amide bonds. The average molecular weight is 586 g/mol. The number of ether oxygens (including phenoxy) is 1. The van der Waals surface area contributed by atoms with Crippen LogP contribution in [0.2, 0.25) is 0 Å². The van der Waals surface area contributed by atoms with Crippen molar-refractivity contribution in [2.45, 2.75) is 13.5 Å². The van der Waals surface area contributed by atoms with Crippen molar-refractivity contribution in [1.29, 1.82) is 0 Å². The number of hydrogen-bond donors (Lipinski definition) is 1. The molecule has 1 aliphatic heterocycles. The Balaban J connectivity index is 1.53. The molecule has 1 N–H and O–H groups in total.